The van der Waals surface area contributed by atoms with E-state index in [1.165, 1.54) is 36.7 Å². The molecule has 0 heterocycles. The smallest absolute Gasteiger partial charge is 0.166 e. The monoisotopic (exact) mass is 232 g/mol. The maximum Gasteiger partial charge on any atom is 0.416 e. The summed E-state index contributed by atoms with van der Waals surface area (Å²) in [5.41, 5.74) is -0.553. The molecule has 1 aromatic rings. The lowest BCUT2D eigenvalue weighted by molar-refractivity contribution is -0.137. The van der Waals surface area contributed by atoms with E-state index in [0.29, 0.717) is 0 Å². The minimum Gasteiger partial charge on any atom is -0.166 e. The van der Waals surface area contributed by atoms with E-state index in [9.17, 15) is 13.2 Å². The molecule has 0 amide bonds. The highest BCUT2D eigenvalue weighted by Gasteiger charge is 2.30. The summed E-state index contributed by atoms with van der Waals surface area (Å²) in [6.45, 7) is 0. The summed E-state index contributed by atoms with van der Waals surface area (Å²) in [4.78, 5) is 0.719. The maximum absolute atomic E-state index is 12.4. The van der Waals surface area contributed by atoms with Gasteiger partial charge < -0.3 is 0 Å². The first kappa shape index (κ1) is 10.9. The SMILES string of the molecule is FC(F)(F)c1cccc(SCC2CC2)c1. The number of hydrogen-bond donors (Lipinski definition) is 0. The second kappa shape index (κ2) is 4.08. The van der Waals surface area contributed by atoms with Gasteiger partial charge >= 0.3 is 6.18 Å². The van der Waals surface area contributed by atoms with Crippen molar-refractivity contribution >= 4 is 11.8 Å². The third-order valence-corrected chi connectivity index (χ3v) is 3.57. The zero-order valence-corrected chi connectivity index (χ0v) is 8.87. The van der Waals surface area contributed by atoms with Gasteiger partial charge in [0.2, 0.25) is 0 Å². The van der Waals surface area contributed by atoms with Crippen LogP contribution in [0.25, 0.3) is 0 Å². The largest absolute Gasteiger partial charge is 0.416 e. The Bertz CT molecular complexity index is 342. The van der Waals surface area contributed by atoms with Crippen LogP contribution in [0.4, 0.5) is 13.2 Å². The number of rotatable bonds is 3. The Hall–Kier alpha value is -0.640. The second-order valence-corrected chi connectivity index (χ2v) is 4.87. The zero-order valence-electron chi connectivity index (χ0n) is 8.05. The molecule has 0 aliphatic heterocycles. The molecule has 15 heavy (non-hydrogen) atoms. The molecule has 0 N–H and O–H groups in total. The first-order valence-electron chi connectivity index (χ1n) is 4.86. The highest BCUT2D eigenvalue weighted by atomic mass is 32.2. The number of halogens is 3. The lowest BCUT2D eigenvalue weighted by Gasteiger charge is -2.08. The molecular weight excluding hydrogens is 221 g/mol. The lowest BCUT2D eigenvalue weighted by atomic mass is 10.2. The van der Waals surface area contributed by atoms with Crippen molar-refractivity contribution < 1.29 is 13.2 Å². The van der Waals surface area contributed by atoms with Crippen LogP contribution in [0.5, 0.6) is 0 Å². The summed E-state index contributed by atoms with van der Waals surface area (Å²) < 4.78 is 37.1. The quantitative estimate of drug-likeness (QED) is 0.703. The van der Waals surface area contributed by atoms with Gasteiger partial charge in [-0.3, -0.25) is 0 Å². The Balaban J connectivity index is 2.04. The predicted molar refractivity (Wildman–Crippen MR) is 54.9 cm³/mol. The van der Waals surface area contributed by atoms with Gasteiger partial charge in [0.1, 0.15) is 0 Å². The molecule has 1 aliphatic carbocycles. The van der Waals surface area contributed by atoms with Crippen LogP contribution in [0.1, 0.15) is 18.4 Å². The van der Waals surface area contributed by atoms with Crippen LogP contribution in [0, 0.1) is 5.92 Å². The van der Waals surface area contributed by atoms with Crippen LogP contribution in [-0.2, 0) is 6.18 Å². The van der Waals surface area contributed by atoms with Gasteiger partial charge in [0.05, 0.1) is 5.56 Å². The molecule has 1 aliphatic rings. The van der Waals surface area contributed by atoms with Crippen LogP contribution >= 0.6 is 11.8 Å². The standard InChI is InChI=1S/C11H11F3S/c12-11(13,14)9-2-1-3-10(6-9)15-7-8-4-5-8/h1-3,6,8H,4-5,7H2. The Morgan fingerprint density at radius 1 is 1.27 bits per heavy atom. The highest BCUT2D eigenvalue weighted by molar-refractivity contribution is 7.99. The van der Waals surface area contributed by atoms with Crippen molar-refractivity contribution in [3.63, 3.8) is 0 Å². The van der Waals surface area contributed by atoms with E-state index in [1.54, 1.807) is 6.07 Å². The first-order valence-corrected chi connectivity index (χ1v) is 5.84. The van der Waals surface area contributed by atoms with Gasteiger partial charge in [0.25, 0.3) is 0 Å². The Morgan fingerprint density at radius 2 is 2.00 bits per heavy atom. The molecule has 4 heteroatoms. The van der Waals surface area contributed by atoms with Gasteiger partial charge in [-0.2, -0.15) is 13.2 Å². The van der Waals surface area contributed by atoms with Crippen LogP contribution in [0.15, 0.2) is 29.2 Å². The van der Waals surface area contributed by atoms with Gasteiger partial charge in [-0.15, -0.1) is 11.8 Å². The fourth-order valence-corrected chi connectivity index (χ4v) is 2.41. The molecule has 0 radical (unpaired) electrons. The van der Waals surface area contributed by atoms with Crippen LogP contribution in [0.2, 0.25) is 0 Å². The van der Waals surface area contributed by atoms with E-state index in [2.05, 4.69) is 0 Å². The average Bonchev–Trinajstić information content (AvgIpc) is 2.97. The number of hydrogen-bond acceptors (Lipinski definition) is 1. The Kier molecular flexibility index (Phi) is 2.96. The summed E-state index contributed by atoms with van der Waals surface area (Å²) in [6, 6.07) is 5.55. The molecule has 82 valence electrons. The zero-order chi connectivity index (χ0) is 10.9. The fourth-order valence-electron chi connectivity index (χ4n) is 1.26. The summed E-state index contributed by atoms with van der Waals surface area (Å²) in [7, 11) is 0. The molecule has 0 bridgehead atoms. The van der Waals surface area contributed by atoms with Crippen molar-refractivity contribution in [1.29, 1.82) is 0 Å². The molecule has 0 atom stereocenters. The van der Waals surface area contributed by atoms with Crippen molar-refractivity contribution in [2.75, 3.05) is 5.75 Å². The number of thioether (sulfide) groups is 1. The third kappa shape index (κ3) is 3.16. The minimum atomic E-state index is -4.23. The summed E-state index contributed by atoms with van der Waals surface area (Å²) in [6.07, 6.45) is -1.77. The van der Waals surface area contributed by atoms with Gasteiger partial charge in [0.15, 0.2) is 0 Å². The topological polar surface area (TPSA) is 0 Å². The number of alkyl halides is 3. The van der Waals surface area contributed by atoms with Gasteiger partial charge in [-0.05, 0) is 37.0 Å². The van der Waals surface area contributed by atoms with E-state index in [4.69, 9.17) is 0 Å². The van der Waals surface area contributed by atoms with Crippen molar-refractivity contribution in [2.45, 2.75) is 23.9 Å². The molecule has 0 nitrogen and oxygen atoms in total. The van der Waals surface area contributed by atoms with Gasteiger partial charge in [0, 0.05) is 10.6 Å². The van der Waals surface area contributed by atoms with Crippen molar-refractivity contribution in [1.82, 2.24) is 0 Å². The van der Waals surface area contributed by atoms with Crippen LogP contribution < -0.4 is 0 Å². The Labute approximate surface area is 90.9 Å². The minimum absolute atomic E-state index is 0.553. The van der Waals surface area contributed by atoms with E-state index < -0.39 is 11.7 Å². The molecule has 0 aromatic heterocycles. The molecule has 0 unspecified atom stereocenters. The Morgan fingerprint density at radius 3 is 2.60 bits per heavy atom. The summed E-state index contributed by atoms with van der Waals surface area (Å²) in [5, 5.41) is 0. The third-order valence-electron chi connectivity index (χ3n) is 2.34. The molecule has 2 rings (SSSR count). The molecule has 1 saturated carbocycles. The predicted octanol–water partition coefficient (Wildman–Crippen LogP) is 4.21. The van der Waals surface area contributed by atoms with Crippen LogP contribution in [0.3, 0.4) is 0 Å². The van der Waals surface area contributed by atoms with Gasteiger partial charge in [-0.25, -0.2) is 0 Å². The number of benzene rings is 1. The second-order valence-electron chi connectivity index (χ2n) is 3.78. The molecule has 1 fully saturated rings. The van der Waals surface area contributed by atoms with E-state index in [-0.39, 0.29) is 0 Å². The van der Waals surface area contributed by atoms with Crippen molar-refractivity contribution in [3.8, 4) is 0 Å². The van der Waals surface area contributed by atoms with E-state index in [1.807, 2.05) is 0 Å². The van der Waals surface area contributed by atoms with E-state index >= 15 is 0 Å². The van der Waals surface area contributed by atoms with Gasteiger partial charge in [-0.1, -0.05) is 6.07 Å². The van der Waals surface area contributed by atoms with Crippen molar-refractivity contribution in [2.24, 2.45) is 5.92 Å². The van der Waals surface area contributed by atoms with Crippen LogP contribution in [-0.4, -0.2) is 5.75 Å². The lowest BCUT2D eigenvalue weighted by Crippen LogP contribution is -2.04. The first-order chi connectivity index (χ1) is 7.05. The van der Waals surface area contributed by atoms with E-state index in [0.717, 1.165) is 22.6 Å². The molecule has 0 saturated heterocycles. The van der Waals surface area contributed by atoms with Crippen molar-refractivity contribution in [3.05, 3.63) is 29.8 Å². The average molecular weight is 232 g/mol. The molecular formula is C11H11F3S. The normalized spacial score (nSPS) is 16.7. The maximum atomic E-state index is 12.4. The summed E-state index contributed by atoms with van der Waals surface area (Å²) in [5.74, 6) is 1.67. The fraction of sp³-hybridized carbons (Fsp3) is 0.455. The molecule has 0 spiro atoms. The summed E-state index contributed by atoms with van der Waals surface area (Å²) >= 11 is 1.52. The molecule has 1 aromatic carbocycles. The highest BCUT2D eigenvalue weighted by Crippen LogP contribution is 2.36.